The van der Waals surface area contributed by atoms with Crippen LogP contribution in [0.4, 0.5) is 13.2 Å². The number of halogens is 3. The van der Waals surface area contributed by atoms with Crippen LogP contribution in [0.15, 0.2) is 0 Å². The lowest BCUT2D eigenvalue weighted by Gasteiger charge is -2.30. The van der Waals surface area contributed by atoms with E-state index in [4.69, 9.17) is 8.85 Å². The summed E-state index contributed by atoms with van der Waals surface area (Å²) in [6, 6.07) is -0.165. The van der Waals surface area contributed by atoms with Gasteiger partial charge in [-0.15, -0.1) is 11.8 Å². The van der Waals surface area contributed by atoms with Crippen LogP contribution in [-0.2, 0) is 8.85 Å². The standard InChI is InChI=1S/C14H21F3O2Si/c1-6-8-12(3)18-20(5,11-10-14(15,16)17)19-13(4)9-7-2/h12-13H,10-11H2,1-5H3. The molecule has 114 valence electrons. The van der Waals surface area contributed by atoms with Crippen LogP contribution < -0.4 is 0 Å². The van der Waals surface area contributed by atoms with Crippen LogP contribution in [-0.4, -0.2) is 26.9 Å². The molecule has 2 nitrogen and oxygen atoms in total. The average molecular weight is 306 g/mol. The second-order valence-electron chi connectivity index (χ2n) is 4.56. The largest absolute Gasteiger partial charge is 0.389 e. The smallest absolute Gasteiger partial charge is 0.380 e. The molecular formula is C14H21F3O2Si. The minimum atomic E-state index is -4.22. The van der Waals surface area contributed by atoms with E-state index in [2.05, 4.69) is 23.7 Å². The maximum absolute atomic E-state index is 12.4. The van der Waals surface area contributed by atoms with Gasteiger partial charge in [-0.2, -0.15) is 13.2 Å². The van der Waals surface area contributed by atoms with Crippen molar-refractivity contribution in [1.82, 2.24) is 0 Å². The van der Waals surface area contributed by atoms with Gasteiger partial charge in [-0.3, -0.25) is 0 Å². The SMILES string of the molecule is CC#CC(C)O[Si](C)(CCC(F)(F)F)OC(C)C#CC. The van der Waals surface area contributed by atoms with Crippen molar-refractivity contribution in [3.8, 4) is 23.7 Å². The molecule has 0 aliphatic rings. The summed E-state index contributed by atoms with van der Waals surface area (Å²) >= 11 is 0. The molecule has 0 aromatic heterocycles. The summed E-state index contributed by atoms with van der Waals surface area (Å²) in [5, 5.41) is 0. The van der Waals surface area contributed by atoms with Gasteiger partial charge in [0.1, 0.15) is 12.2 Å². The van der Waals surface area contributed by atoms with Crippen molar-refractivity contribution in [2.24, 2.45) is 0 Å². The van der Waals surface area contributed by atoms with Crippen molar-refractivity contribution in [2.75, 3.05) is 0 Å². The van der Waals surface area contributed by atoms with Gasteiger partial charge >= 0.3 is 14.7 Å². The molecule has 20 heavy (non-hydrogen) atoms. The van der Waals surface area contributed by atoms with Crippen LogP contribution in [0.2, 0.25) is 12.6 Å². The quantitative estimate of drug-likeness (QED) is 0.548. The molecule has 2 atom stereocenters. The van der Waals surface area contributed by atoms with E-state index in [1.54, 1.807) is 34.2 Å². The molecule has 0 spiro atoms. The van der Waals surface area contributed by atoms with Crippen LogP contribution in [0.5, 0.6) is 0 Å². The topological polar surface area (TPSA) is 18.5 Å². The van der Waals surface area contributed by atoms with Crippen molar-refractivity contribution in [3.05, 3.63) is 0 Å². The molecule has 0 aromatic rings. The molecule has 0 amide bonds. The van der Waals surface area contributed by atoms with Crippen LogP contribution in [0.25, 0.3) is 0 Å². The summed E-state index contributed by atoms with van der Waals surface area (Å²) in [6.07, 6.45) is -6.05. The molecule has 0 saturated heterocycles. The highest BCUT2D eigenvalue weighted by Crippen LogP contribution is 2.28. The maximum Gasteiger partial charge on any atom is 0.389 e. The van der Waals surface area contributed by atoms with Crippen molar-refractivity contribution >= 4 is 8.56 Å². The summed E-state index contributed by atoms with van der Waals surface area (Å²) in [5.74, 6) is 10.9. The Labute approximate surface area is 120 Å². The third-order valence-corrected chi connectivity index (χ3v) is 5.27. The van der Waals surface area contributed by atoms with Gasteiger partial charge in [-0.25, -0.2) is 0 Å². The molecule has 0 bridgehead atoms. The summed E-state index contributed by atoms with van der Waals surface area (Å²) in [5.41, 5.74) is 0. The molecule has 6 heteroatoms. The van der Waals surface area contributed by atoms with E-state index in [1.165, 1.54) is 0 Å². The van der Waals surface area contributed by atoms with E-state index < -0.39 is 33.4 Å². The number of hydrogen-bond acceptors (Lipinski definition) is 2. The monoisotopic (exact) mass is 306 g/mol. The summed E-state index contributed by atoms with van der Waals surface area (Å²) in [7, 11) is -2.98. The van der Waals surface area contributed by atoms with Gasteiger partial charge in [-0.05, 0) is 40.3 Å². The molecule has 0 saturated carbocycles. The van der Waals surface area contributed by atoms with Crippen molar-refractivity contribution in [2.45, 2.75) is 65.1 Å². The molecule has 0 fully saturated rings. The lowest BCUT2D eigenvalue weighted by Crippen LogP contribution is -2.44. The molecule has 2 unspecified atom stereocenters. The Morgan fingerprint density at radius 1 is 1.00 bits per heavy atom. The average Bonchev–Trinajstić information content (AvgIpc) is 2.25. The molecule has 0 aliphatic carbocycles. The fourth-order valence-electron chi connectivity index (χ4n) is 1.73. The van der Waals surface area contributed by atoms with Crippen molar-refractivity contribution in [3.63, 3.8) is 0 Å². The van der Waals surface area contributed by atoms with E-state index in [1.807, 2.05) is 0 Å². The lowest BCUT2D eigenvalue weighted by molar-refractivity contribution is -0.132. The Hall–Kier alpha value is -0.953. The fourth-order valence-corrected chi connectivity index (χ4v) is 4.37. The van der Waals surface area contributed by atoms with E-state index in [9.17, 15) is 13.2 Å². The molecule has 0 radical (unpaired) electrons. The van der Waals surface area contributed by atoms with Gasteiger partial charge in [-0.1, -0.05) is 11.8 Å². The molecule has 0 N–H and O–H groups in total. The van der Waals surface area contributed by atoms with E-state index >= 15 is 0 Å². The van der Waals surface area contributed by atoms with Gasteiger partial charge in [0.15, 0.2) is 0 Å². The first-order chi connectivity index (χ1) is 9.12. The number of rotatable bonds is 6. The van der Waals surface area contributed by atoms with E-state index in [-0.39, 0.29) is 6.04 Å². The van der Waals surface area contributed by atoms with E-state index in [0.717, 1.165) is 0 Å². The second kappa shape index (κ2) is 8.36. The normalized spacial score (nSPS) is 17.0. The van der Waals surface area contributed by atoms with Gasteiger partial charge in [0.05, 0.1) is 0 Å². The van der Waals surface area contributed by atoms with Gasteiger partial charge < -0.3 is 8.85 Å². The fraction of sp³-hybridized carbons (Fsp3) is 0.714. The second-order valence-corrected chi connectivity index (χ2v) is 7.80. The highest BCUT2D eigenvalue weighted by atomic mass is 28.4. The highest BCUT2D eigenvalue weighted by Gasteiger charge is 2.40. The minimum absolute atomic E-state index is 0.165. The molecular weight excluding hydrogens is 285 g/mol. The minimum Gasteiger partial charge on any atom is -0.380 e. The van der Waals surface area contributed by atoms with Gasteiger partial charge in [0.25, 0.3) is 0 Å². The summed E-state index contributed by atoms with van der Waals surface area (Å²) in [4.78, 5) is 0. The highest BCUT2D eigenvalue weighted by molar-refractivity contribution is 6.66. The summed E-state index contributed by atoms with van der Waals surface area (Å²) < 4.78 is 48.6. The van der Waals surface area contributed by atoms with Crippen LogP contribution in [0, 0.1) is 23.7 Å². The van der Waals surface area contributed by atoms with E-state index in [0.29, 0.717) is 0 Å². The van der Waals surface area contributed by atoms with Crippen molar-refractivity contribution < 1.29 is 22.0 Å². The van der Waals surface area contributed by atoms with Gasteiger partial charge in [0.2, 0.25) is 0 Å². The first-order valence-corrected chi connectivity index (χ1v) is 8.91. The predicted octanol–water partition coefficient (Wildman–Crippen LogP) is 3.87. The zero-order valence-electron chi connectivity index (χ0n) is 12.5. The zero-order valence-corrected chi connectivity index (χ0v) is 13.5. The van der Waals surface area contributed by atoms with Crippen LogP contribution in [0.3, 0.4) is 0 Å². The predicted molar refractivity (Wildman–Crippen MR) is 75.1 cm³/mol. The summed E-state index contributed by atoms with van der Waals surface area (Å²) in [6.45, 7) is 8.34. The molecule has 0 aromatic carbocycles. The first kappa shape index (κ1) is 19.0. The Kier molecular flexibility index (Phi) is 7.96. The van der Waals surface area contributed by atoms with Crippen molar-refractivity contribution in [1.29, 1.82) is 0 Å². The zero-order chi connectivity index (χ0) is 15.8. The van der Waals surface area contributed by atoms with Gasteiger partial charge in [0, 0.05) is 6.42 Å². The lowest BCUT2D eigenvalue weighted by atomic mass is 10.4. The molecule has 0 heterocycles. The first-order valence-electron chi connectivity index (χ1n) is 6.39. The third kappa shape index (κ3) is 9.03. The van der Waals surface area contributed by atoms with Crippen LogP contribution in [0.1, 0.15) is 34.1 Å². The third-order valence-electron chi connectivity index (χ3n) is 2.41. The Morgan fingerprint density at radius 2 is 1.40 bits per heavy atom. The molecule has 0 rings (SSSR count). The Balaban J connectivity index is 4.88. The van der Waals surface area contributed by atoms with Crippen LogP contribution >= 0.6 is 0 Å². The maximum atomic E-state index is 12.4. The Morgan fingerprint density at radius 3 is 1.70 bits per heavy atom. The molecule has 0 aliphatic heterocycles. The Bertz CT molecular complexity index is 384. The number of hydrogen-bond donors (Lipinski definition) is 0. The number of alkyl halides is 3.